The fourth-order valence-electron chi connectivity index (χ4n) is 0.937. The quantitative estimate of drug-likeness (QED) is 0.800. The molecule has 1 aromatic rings. The standard InChI is InChI=1S/C9H17N3S/c1-7(2)12(4)9-11-6-8(13-9)5-10-3/h6-7,10H,5H2,1-4H3. The summed E-state index contributed by atoms with van der Waals surface area (Å²) in [5.74, 6) is 0. The van der Waals surface area contributed by atoms with Crippen molar-refractivity contribution in [3.63, 3.8) is 0 Å². The Balaban J connectivity index is 2.67. The van der Waals surface area contributed by atoms with Crippen LogP contribution in [0.25, 0.3) is 0 Å². The molecule has 0 spiro atoms. The van der Waals surface area contributed by atoms with Crippen molar-refractivity contribution in [2.24, 2.45) is 0 Å². The Morgan fingerprint density at radius 1 is 1.62 bits per heavy atom. The SMILES string of the molecule is CNCc1cnc(N(C)C(C)C)s1. The van der Waals surface area contributed by atoms with Crippen LogP contribution in [0.4, 0.5) is 5.13 Å². The zero-order valence-electron chi connectivity index (χ0n) is 8.66. The molecule has 1 rings (SSSR count). The van der Waals surface area contributed by atoms with Gasteiger partial charge in [0, 0.05) is 30.7 Å². The van der Waals surface area contributed by atoms with Crippen LogP contribution in [0.1, 0.15) is 18.7 Å². The average Bonchev–Trinajstić information content (AvgIpc) is 2.52. The van der Waals surface area contributed by atoms with Crippen LogP contribution in [0.15, 0.2) is 6.20 Å². The van der Waals surface area contributed by atoms with E-state index >= 15 is 0 Å². The highest BCUT2D eigenvalue weighted by Crippen LogP contribution is 2.22. The van der Waals surface area contributed by atoms with Gasteiger partial charge in [-0.15, -0.1) is 11.3 Å². The van der Waals surface area contributed by atoms with Crippen LogP contribution >= 0.6 is 11.3 Å². The van der Waals surface area contributed by atoms with E-state index in [1.54, 1.807) is 11.3 Å². The topological polar surface area (TPSA) is 28.2 Å². The molecule has 0 atom stereocenters. The third-order valence-corrected chi connectivity index (χ3v) is 3.06. The zero-order chi connectivity index (χ0) is 9.84. The summed E-state index contributed by atoms with van der Waals surface area (Å²) >= 11 is 1.75. The Kier molecular flexibility index (Phi) is 3.69. The van der Waals surface area contributed by atoms with E-state index in [9.17, 15) is 0 Å². The van der Waals surface area contributed by atoms with E-state index in [4.69, 9.17) is 0 Å². The first-order chi connectivity index (χ1) is 6.15. The van der Waals surface area contributed by atoms with Gasteiger partial charge in [-0.25, -0.2) is 4.98 Å². The Morgan fingerprint density at radius 3 is 2.85 bits per heavy atom. The molecular weight excluding hydrogens is 182 g/mol. The molecule has 0 aliphatic rings. The second kappa shape index (κ2) is 4.58. The zero-order valence-corrected chi connectivity index (χ0v) is 9.48. The number of nitrogens with zero attached hydrogens (tertiary/aromatic N) is 2. The molecule has 0 amide bonds. The molecule has 0 aliphatic carbocycles. The van der Waals surface area contributed by atoms with E-state index in [2.05, 4.69) is 36.1 Å². The number of nitrogens with one attached hydrogen (secondary N) is 1. The number of aromatic nitrogens is 1. The summed E-state index contributed by atoms with van der Waals surface area (Å²) in [6.07, 6.45) is 1.94. The van der Waals surface area contributed by atoms with Crippen molar-refractivity contribution >= 4 is 16.5 Å². The first kappa shape index (κ1) is 10.5. The van der Waals surface area contributed by atoms with Crippen molar-refractivity contribution in [3.05, 3.63) is 11.1 Å². The molecule has 4 heteroatoms. The monoisotopic (exact) mass is 199 g/mol. The summed E-state index contributed by atoms with van der Waals surface area (Å²) < 4.78 is 0. The molecule has 0 fully saturated rings. The number of rotatable bonds is 4. The van der Waals surface area contributed by atoms with E-state index < -0.39 is 0 Å². The molecule has 74 valence electrons. The predicted molar refractivity (Wildman–Crippen MR) is 58.4 cm³/mol. The van der Waals surface area contributed by atoms with Crippen molar-refractivity contribution in [2.45, 2.75) is 26.4 Å². The molecule has 0 aliphatic heterocycles. The molecule has 0 bridgehead atoms. The Morgan fingerprint density at radius 2 is 2.31 bits per heavy atom. The fourth-order valence-corrected chi connectivity index (χ4v) is 1.95. The van der Waals surface area contributed by atoms with Gasteiger partial charge in [-0.2, -0.15) is 0 Å². The van der Waals surface area contributed by atoms with E-state index in [1.807, 2.05) is 13.2 Å². The average molecular weight is 199 g/mol. The molecule has 1 N–H and O–H groups in total. The first-order valence-corrected chi connectivity index (χ1v) is 5.29. The van der Waals surface area contributed by atoms with Crippen LogP contribution in [0, 0.1) is 0 Å². The van der Waals surface area contributed by atoms with Crippen molar-refractivity contribution < 1.29 is 0 Å². The molecule has 0 unspecified atom stereocenters. The second-order valence-electron chi connectivity index (χ2n) is 3.34. The summed E-state index contributed by atoms with van der Waals surface area (Å²) in [6.45, 7) is 5.24. The predicted octanol–water partition coefficient (Wildman–Crippen LogP) is 1.71. The smallest absolute Gasteiger partial charge is 0.185 e. The van der Waals surface area contributed by atoms with E-state index in [0.717, 1.165) is 11.7 Å². The van der Waals surface area contributed by atoms with Gasteiger partial charge in [0.05, 0.1) is 0 Å². The van der Waals surface area contributed by atoms with Gasteiger partial charge in [0.15, 0.2) is 5.13 Å². The first-order valence-electron chi connectivity index (χ1n) is 4.47. The lowest BCUT2D eigenvalue weighted by Gasteiger charge is -2.19. The minimum Gasteiger partial charge on any atom is -0.349 e. The number of thiazole rings is 1. The molecule has 13 heavy (non-hydrogen) atoms. The van der Waals surface area contributed by atoms with Crippen LogP contribution in [0.2, 0.25) is 0 Å². The van der Waals surface area contributed by atoms with Gasteiger partial charge >= 0.3 is 0 Å². The van der Waals surface area contributed by atoms with Gasteiger partial charge in [0.2, 0.25) is 0 Å². The summed E-state index contributed by atoms with van der Waals surface area (Å²) in [5, 5.41) is 4.21. The van der Waals surface area contributed by atoms with Gasteiger partial charge in [-0.3, -0.25) is 0 Å². The molecule has 1 aromatic heterocycles. The highest BCUT2D eigenvalue weighted by molar-refractivity contribution is 7.15. The lowest BCUT2D eigenvalue weighted by atomic mass is 10.4. The summed E-state index contributed by atoms with van der Waals surface area (Å²) in [5.41, 5.74) is 0. The van der Waals surface area contributed by atoms with Crippen LogP contribution in [-0.4, -0.2) is 25.1 Å². The van der Waals surface area contributed by atoms with Crippen molar-refractivity contribution in [1.82, 2.24) is 10.3 Å². The molecule has 0 saturated carbocycles. The molecular formula is C9H17N3S. The van der Waals surface area contributed by atoms with Gasteiger partial charge in [0.25, 0.3) is 0 Å². The van der Waals surface area contributed by atoms with Gasteiger partial charge in [-0.05, 0) is 20.9 Å². The molecule has 0 radical (unpaired) electrons. The van der Waals surface area contributed by atoms with Crippen LogP contribution in [-0.2, 0) is 6.54 Å². The minimum absolute atomic E-state index is 0.508. The Bertz CT molecular complexity index is 257. The van der Waals surface area contributed by atoms with Crippen molar-refractivity contribution in [1.29, 1.82) is 0 Å². The molecule has 0 saturated heterocycles. The lowest BCUT2D eigenvalue weighted by Crippen LogP contribution is -2.25. The summed E-state index contributed by atoms with van der Waals surface area (Å²) in [6, 6.07) is 0.508. The third-order valence-electron chi connectivity index (χ3n) is 1.97. The van der Waals surface area contributed by atoms with Gasteiger partial charge < -0.3 is 10.2 Å². The highest BCUT2D eigenvalue weighted by atomic mass is 32.1. The van der Waals surface area contributed by atoms with Crippen LogP contribution in [0.5, 0.6) is 0 Å². The maximum absolute atomic E-state index is 4.36. The largest absolute Gasteiger partial charge is 0.349 e. The maximum Gasteiger partial charge on any atom is 0.185 e. The molecule has 3 nitrogen and oxygen atoms in total. The van der Waals surface area contributed by atoms with E-state index in [0.29, 0.717) is 6.04 Å². The van der Waals surface area contributed by atoms with Crippen LogP contribution < -0.4 is 10.2 Å². The van der Waals surface area contributed by atoms with Crippen LogP contribution in [0.3, 0.4) is 0 Å². The van der Waals surface area contributed by atoms with Crippen molar-refractivity contribution in [2.75, 3.05) is 19.0 Å². The third kappa shape index (κ3) is 2.67. The summed E-state index contributed by atoms with van der Waals surface area (Å²) in [7, 11) is 4.03. The number of hydrogen-bond acceptors (Lipinski definition) is 4. The Labute approximate surface area is 83.8 Å². The maximum atomic E-state index is 4.36. The van der Waals surface area contributed by atoms with E-state index in [-0.39, 0.29) is 0 Å². The summed E-state index contributed by atoms with van der Waals surface area (Å²) in [4.78, 5) is 7.83. The highest BCUT2D eigenvalue weighted by Gasteiger charge is 2.08. The Hall–Kier alpha value is -0.610. The van der Waals surface area contributed by atoms with Gasteiger partial charge in [-0.1, -0.05) is 0 Å². The molecule has 0 aromatic carbocycles. The minimum atomic E-state index is 0.508. The van der Waals surface area contributed by atoms with Crippen molar-refractivity contribution in [3.8, 4) is 0 Å². The second-order valence-corrected chi connectivity index (χ2v) is 4.44. The number of hydrogen-bond donors (Lipinski definition) is 1. The van der Waals surface area contributed by atoms with E-state index in [1.165, 1.54) is 4.88 Å². The molecule has 1 heterocycles. The lowest BCUT2D eigenvalue weighted by molar-refractivity contribution is 0.751. The number of anilines is 1. The van der Waals surface area contributed by atoms with Gasteiger partial charge in [0.1, 0.15) is 0 Å². The fraction of sp³-hybridized carbons (Fsp3) is 0.667. The normalized spacial score (nSPS) is 10.8.